The molecule has 0 aliphatic rings. The van der Waals surface area contributed by atoms with Crippen LogP contribution in [0.5, 0.6) is 0 Å². The third kappa shape index (κ3) is 5.05. The van der Waals surface area contributed by atoms with Crippen LogP contribution in [0.25, 0.3) is 0 Å². The molecule has 0 saturated heterocycles. The van der Waals surface area contributed by atoms with Gasteiger partial charge < -0.3 is 10.6 Å². The summed E-state index contributed by atoms with van der Waals surface area (Å²) in [5, 5.41) is 5.76. The summed E-state index contributed by atoms with van der Waals surface area (Å²) in [5.74, 6) is -0.366. The molecule has 136 valence electrons. The smallest absolute Gasteiger partial charge is 0.255 e. The van der Waals surface area contributed by atoms with E-state index < -0.39 is 0 Å². The van der Waals surface area contributed by atoms with E-state index >= 15 is 0 Å². The second-order valence-corrected chi connectivity index (χ2v) is 6.57. The first-order valence-electron chi connectivity index (χ1n) is 8.83. The van der Waals surface area contributed by atoms with E-state index in [2.05, 4.69) is 10.6 Å². The molecule has 0 fully saturated rings. The van der Waals surface area contributed by atoms with Crippen LogP contribution in [0.1, 0.15) is 37.4 Å². The van der Waals surface area contributed by atoms with Gasteiger partial charge >= 0.3 is 0 Å². The predicted molar refractivity (Wildman–Crippen MR) is 108 cm³/mol. The van der Waals surface area contributed by atoms with E-state index in [1.165, 1.54) is 0 Å². The molecule has 0 heterocycles. The van der Waals surface area contributed by atoms with Gasteiger partial charge in [-0.25, -0.2) is 0 Å². The average Bonchev–Trinajstić information content (AvgIpc) is 2.66. The van der Waals surface area contributed by atoms with Crippen LogP contribution in [-0.2, 0) is 6.54 Å². The number of nitrogens with one attached hydrogen (secondary N) is 2. The Bertz CT molecular complexity index is 962. The molecule has 27 heavy (non-hydrogen) atoms. The SMILES string of the molecule is Cc1cccc(CNC(=O)c2ccc(C(=O)Nc3cccc(C)c3)cc2)c1. The van der Waals surface area contributed by atoms with E-state index in [4.69, 9.17) is 0 Å². The van der Waals surface area contributed by atoms with Crippen LogP contribution in [-0.4, -0.2) is 11.8 Å². The van der Waals surface area contributed by atoms with Crippen molar-refractivity contribution >= 4 is 17.5 Å². The lowest BCUT2D eigenvalue weighted by Gasteiger charge is -2.08. The second kappa shape index (κ2) is 8.32. The number of anilines is 1. The molecule has 0 unspecified atom stereocenters. The maximum absolute atomic E-state index is 12.3. The fraction of sp³-hybridized carbons (Fsp3) is 0.130. The summed E-state index contributed by atoms with van der Waals surface area (Å²) in [7, 11) is 0. The van der Waals surface area contributed by atoms with Crippen molar-refractivity contribution in [3.63, 3.8) is 0 Å². The fourth-order valence-electron chi connectivity index (χ4n) is 2.81. The van der Waals surface area contributed by atoms with Gasteiger partial charge in [0.2, 0.25) is 0 Å². The standard InChI is InChI=1S/C23H22N2O2/c1-16-5-3-7-18(13-16)15-24-22(26)19-9-11-20(12-10-19)23(27)25-21-8-4-6-17(2)14-21/h3-14H,15H2,1-2H3,(H,24,26)(H,25,27). The molecule has 0 atom stereocenters. The van der Waals surface area contributed by atoms with Crippen LogP contribution in [0.2, 0.25) is 0 Å². The minimum Gasteiger partial charge on any atom is -0.348 e. The van der Waals surface area contributed by atoms with Crippen LogP contribution >= 0.6 is 0 Å². The highest BCUT2D eigenvalue weighted by atomic mass is 16.2. The summed E-state index contributed by atoms with van der Waals surface area (Å²) in [4.78, 5) is 24.6. The van der Waals surface area contributed by atoms with Gasteiger partial charge in [-0.3, -0.25) is 9.59 Å². The van der Waals surface area contributed by atoms with Crippen molar-refractivity contribution in [2.24, 2.45) is 0 Å². The van der Waals surface area contributed by atoms with Gasteiger partial charge in [-0.05, 0) is 61.4 Å². The number of carbonyl (C=O) groups is 2. The summed E-state index contributed by atoms with van der Waals surface area (Å²) in [6, 6.07) is 22.3. The summed E-state index contributed by atoms with van der Waals surface area (Å²) in [6.07, 6.45) is 0. The molecule has 0 bridgehead atoms. The Balaban J connectivity index is 1.60. The maximum atomic E-state index is 12.3. The van der Waals surface area contributed by atoms with Gasteiger partial charge in [0.15, 0.2) is 0 Å². The zero-order valence-corrected chi connectivity index (χ0v) is 15.5. The van der Waals surface area contributed by atoms with Crippen LogP contribution in [0.4, 0.5) is 5.69 Å². The number of rotatable bonds is 5. The normalized spacial score (nSPS) is 10.3. The molecule has 0 aliphatic carbocycles. The van der Waals surface area contributed by atoms with Crippen LogP contribution in [0, 0.1) is 13.8 Å². The second-order valence-electron chi connectivity index (χ2n) is 6.57. The molecule has 3 rings (SSSR count). The molecule has 4 nitrogen and oxygen atoms in total. The fourth-order valence-corrected chi connectivity index (χ4v) is 2.81. The molecule has 0 aliphatic heterocycles. The summed E-state index contributed by atoms with van der Waals surface area (Å²) in [6.45, 7) is 4.46. The number of hydrogen-bond donors (Lipinski definition) is 2. The first-order chi connectivity index (χ1) is 13.0. The van der Waals surface area contributed by atoms with Gasteiger partial charge in [0.05, 0.1) is 0 Å². The maximum Gasteiger partial charge on any atom is 0.255 e. The Morgan fingerprint density at radius 2 is 1.33 bits per heavy atom. The number of aryl methyl sites for hydroxylation is 2. The van der Waals surface area contributed by atoms with Gasteiger partial charge in [0, 0.05) is 23.4 Å². The average molecular weight is 358 g/mol. The van der Waals surface area contributed by atoms with Crippen molar-refractivity contribution in [3.05, 3.63) is 101 Å². The third-order valence-electron chi connectivity index (χ3n) is 4.22. The molecule has 3 aromatic carbocycles. The third-order valence-corrected chi connectivity index (χ3v) is 4.22. The monoisotopic (exact) mass is 358 g/mol. The highest BCUT2D eigenvalue weighted by Crippen LogP contribution is 2.12. The molecular weight excluding hydrogens is 336 g/mol. The van der Waals surface area contributed by atoms with Gasteiger partial charge in [0.25, 0.3) is 11.8 Å². The Labute approximate surface area is 159 Å². The van der Waals surface area contributed by atoms with Crippen molar-refractivity contribution in [2.45, 2.75) is 20.4 Å². The summed E-state index contributed by atoms with van der Waals surface area (Å²) >= 11 is 0. The van der Waals surface area contributed by atoms with Gasteiger partial charge in [-0.2, -0.15) is 0 Å². The summed E-state index contributed by atoms with van der Waals surface area (Å²) in [5.41, 5.74) is 5.07. The minimum atomic E-state index is -0.202. The number of carbonyl (C=O) groups excluding carboxylic acids is 2. The lowest BCUT2D eigenvalue weighted by atomic mass is 10.1. The van der Waals surface area contributed by atoms with Crippen LogP contribution in [0.3, 0.4) is 0 Å². The van der Waals surface area contributed by atoms with Crippen molar-refractivity contribution in [1.82, 2.24) is 5.32 Å². The van der Waals surface area contributed by atoms with Crippen molar-refractivity contribution < 1.29 is 9.59 Å². The van der Waals surface area contributed by atoms with Crippen molar-refractivity contribution in [1.29, 1.82) is 0 Å². The molecular formula is C23H22N2O2. The molecule has 4 heteroatoms. The van der Waals surface area contributed by atoms with Gasteiger partial charge in [0.1, 0.15) is 0 Å². The van der Waals surface area contributed by atoms with E-state index in [-0.39, 0.29) is 11.8 Å². The van der Waals surface area contributed by atoms with E-state index in [1.807, 2.05) is 62.4 Å². The van der Waals surface area contributed by atoms with Gasteiger partial charge in [-0.1, -0.05) is 42.0 Å². The molecule has 0 spiro atoms. The van der Waals surface area contributed by atoms with Gasteiger partial charge in [-0.15, -0.1) is 0 Å². The molecule has 0 aromatic heterocycles. The first-order valence-corrected chi connectivity index (χ1v) is 8.83. The van der Waals surface area contributed by atoms with Crippen LogP contribution in [0.15, 0.2) is 72.8 Å². The highest BCUT2D eigenvalue weighted by Gasteiger charge is 2.09. The Kier molecular flexibility index (Phi) is 5.67. The lowest BCUT2D eigenvalue weighted by molar-refractivity contribution is 0.0949. The predicted octanol–water partition coefficient (Wildman–Crippen LogP) is 4.49. The zero-order chi connectivity index (χ0) is 19.2. The molecule has 2 amide bonds. The zero-order valence-electron chi connectivity index (χ0n) is 15.5. The first kappa shape index (κ1) is 18.4. The molecule has 3 aromatic rings. The van der Waals surface area contributed by atoms with Crippen LogP contribution < -0.4 is 10.6 Å². The van der Waals surface area contributed by atoms with E-state index in [9.17, 15) is 9.59 Å². The quantitative estimate of drug-likeness (QED) is 0.706. The van der Waals surface area contributed by atoms with Crippen molar-refractivity contribution in [3.8, 4) is 0 Å². The number of hydrogen-bond acceptors (Lipinski definition) is 2. The van der Waals surface area contributed by atoms with E-state index in [0.717, 1.165) is 22.4 Å². The largest absolute Gasteiger partial charge is 0.348 e. The summed E-state index contributed by atoms with van der Waals surface area (Å²) < 4.78 is 0. The van der Waals surface area contributed by atoms with E-state index in [1.54, 1.807) is 24.3 Å². The minimum absolute atomic E-state index is 0.165. The number of amides is 2. The highest BCUT2D eigenvalue weighted by molar-refractivity contribution is 6.05. The molecule has 2 N–H and O–H groups in total. The number of benzene rings is 3. The Hall–Kier alpha value is -3.40. The Morgan fingerprint density at radius 1 is 0.741 bits per heavy atom. The van der Waals surface area contributed by atoms with E-state index in [0.29, 0.717) is 17.7 Å². The van der Waals surface area contributed by atoms with Crippen molar-refractivity contribution in [2.75, 3.05) is 5.32 Å². The Morgan fingerprint density at radius 3 is 1.96 bits per heavy atom. The lowest BCUT2D eigenvalue weighted by Crippen LogP contribution is -2.23. The topological polar surface area (TPSA) is 58.2 Å². The molecule has 0 radical (unpaired) electrons. The molecule has 0 saturated carbocycles.